The van der Waals surface area contributed by atoms with Gasteiger partial charge in [-0.1, -0.05) is 6.92 Å². The van der Waals surface area contributed by atoms with Crippen molar-refractivity contribution < 1.29 is 9.13 Å². The number of rotatable bonds is 7. The first-order chi connectivity index (χ1) is 8.26. The van der Waals surface area contributed by atoms with E-state index in [4.69, 9.17) is 11.2 Å². The molecule has 92 valence electrons. The standard InChI is InChI=1S/C14H18FNO/c1-3-5-6-7-17-14-9-12(11-16-4-2)8-13(15)10-14/h1,8-10,16H,4-7,11H2,2H3. The van der Waals surface area contributed by atoms with Gasteiger partial charge < -0.3 is 10.1 Å². The van der Waals surface area contributed by atoms with Gasteiger partial charge in [-0.2, -0.15) is 0 Å². The highest BCUT2D eigenvalue weighted by atomic mass is 19.1. The van der Waals surface area contributed by atoms with Crippen LogP contribution in [0.4, 0.5) is 4.39 Å². The molecule has 0 amide bonds. The number of terminal acetylenes is 1. The molecule has 0 aliphatic carbocycles. The van der Waals surface area contributed by atoms with Gasteiger partial charge in [-0.05, 0) is 30.7 Å². The molecular formula is C14H18FNO. The Bertz CT molecular complexity index is 384. The van der Waals surface area contributed by atoms with Crippen LogP contribution in [0.1, 0.15) is 25.3 Å². The lowest BCUT2D eigenvalue weighted by Gasteiger charge is -2.08. The second-order valence-electron chi connectivity index (χ2n) is 3.73. The van der Waals surface area contributed by atoms with Gasteiger partial charge in [0.2, 0.25) is 0 Å². The van der Waals surface area contributed by atoms with Crippen LogP contribution in [-0.4, -0.2) is 13.2 Å². The fourth-order valence-corrected chi connectivity index (χ4v) is 1.44. The average Bonchev–Trinajstić information content (AvgIpc) is 2.31. The zero-order chi connectivity index (χ0) is 12.5. The van der Waals surface area contributed by atoms with Crippen molar-refractivity contribution in [3.8, 4) is 18.1 Å². The summed E-state index contributed by atoms with van der Waals surface area (Å²) >= 11 is 0. The van der Waals surface area contributed by atoms with Gasteiger partial charge in [-0.3, -0.25) is 0 Å². The molecule has 3 heteroatoms. The molecule has 17 heavy (non-hydrogen) atoms. The topological polar surface area (TPSA) is 21.3 Å². The molecule has 1 aromatic carbocycles. The van der Waals surface area contributed by atoms with Crippen LogP contribution in [-0.2, 0) is 6.54 Å². The lowest BCUT2D eigenvalue weighted by Crippen LogP contribution is -2.12. The molecule has 0 saturated carbocycles. The number of hydrogen-bond acceptors (Lipinski definition) is 2. The Morgan fingerprint density at radius 1 is 1.41 bits per heavy atom. The summed E-state index contributed by atoms with van der Waals surface area (Å²) in [4.78, 5) is 0. The summed E-state index contributed by atoms with van der Waals surface area (Å²) in [5.41, 5.74) is 0.888. The number of hydrogen-bond donors (Lipinski definition) is 1. The van der Waals surface area contributed by atoms with E-state index in [1.165, 1.54) is 12.1 Å². The third kappa shape index (κ3) is 5.37. The molecule has 0 aliphatic heterocycles. The predicted molar refractivity (Wildman–Crippen MR) is 67.3 cm³/mol. The Balaban J connectivity index is 2.53. The van der Waals surface area contributed by atoms with Crippen molar-refractivity contribution in [3.63, 3.8) is 0 Å². The molecule has 0 atom stereocenters. The molecule has 1 rings (SSSR count). The summed E-state index contributed by atoms with van der Waals surface area (Å²) in [7, 11) is 0. The fourth-order valence-electron chi connectivity index (χ4n) is 1.44. The van der Waals surface area contributed by atoms with Crippen molar-refractivity contribution in [2.24, 2.45) is 0 Å². The van der Waals surface area contributed by atoms with Crippen LogP contribution in [0.2, 0.25) is 0 Å². The minimum absolute atomic E-state index is 0.271. The molecule has 0 radical (unpaired) electrons. The largest absolute Gasteiger partial charge is 0.493 e. The van der Waals surface area contributed by atoms with Gasteiger partial charge in [0.05, 0.1) is 6.61 Å². The van der Waals surface area contributed by atoms with E-state index in [2.05, 4.69) is 11.2 Å². The Hall–Kier alpha value is -1.53. The smallest absolute Gasteiger partial charge is 0.127 e. The first-order valence-corrected chi connectivity index (χ1v) is 5.82. The molecule has 0 aliphatic rings. The van der Waals surface area contributed by atoms with Gasteiger partial charge >= 0.3 is 0 Å². The summed E-state index contributed by atoms with van der Waals surface area (Å²) in [5, 5.41) is 3.15. The molecule has 1 N–H and O–H groups in total. The monoisotopic (exact) mass is 235 g/mol. The highest BCUT2D eigenvalue weighted by molar-refractivity contribution is 5.29. The first kappa shape index (κ1) is 13.5. The van der Waals surface area contributed by atoms with E-state index in [0.29, 0.717) is 25.3 Å². The Morgan fingerprint density at radius 2 is 2.24 bits per heavy atom. The molecular weight excluding hydrogens is 217 g/mol. The van der Waals surface area contributed by atoms with Crippen LogP contribution in [0.15, 0.2) is 18.2 Å². The van der Waals surface area contributed by atoms with Crippen molar-refractivity contribution in [1.82, 2.24) is 5.32 Å². The van der Waals surface area contributed by atoms with Crippen LogP contribution in [0.5, 0.6) is 5.75 Å². The van der Waals surface area contributed by atoms with Crippen molar-refractivity contribution in [3.05, 3.63) is 29.6 Å². The van der Waals surface area contributed by atoms with E-state index in [-0.39, 0.29) is 5.82 Å². The third-order valence-electron chi connectivity index (χ3n) is 2.24. The van der Waals surface area contributed by atoms with Gasteiger partial charge in [0, 0.05) is 19.0 Å². The number of benzene rings is 1. The van der Waals surface area contributed by atoms with Crippen molar-refractivity contribution in [1.29, 1.82) is 0 Å². The number of nitrogens with one attached hydrogen (secondary N) is 1. The normalized spacial score (nSPS) is 9.94. The van der Waals surface area contributed by atoms with Crippen molar-refractivity contribution in [2.45, 2.75) is 26.3 Å². The molecule has 0 heterocycles. The molecule has 2 nitrogen and oxygen atoms in total. The predicted octanol–water partition coefficient (Wildman–Crippen LogP) is 2.73. The summed E-state index contributed by atoms with van der Waals surface area (Å²) < 4.78 is 18.7. The second-order valence-corrected chi connectivity index (χ2v) is 3.73. The highest BCUT2D eigenvalue weighted by Crippen LogP contribution is 2.16. The van der Waals surface area contributed by atoms with Gasteiger partial charge in [-0.25, -0.2) is 4.39 Å². The molecule has 0 bridgehead atoms. The Kier molecular flexibility index (Phi) is 6.13. The highest BCUT2D eigenvalue weighted by Gasteiger charge is 2.01. The molecule has 1 aromatic rings. The van der Waals surface area contributed by atoms with Crippen LogP contribution in [0.3, 0.4) is 0 Å². The van der Waals surface area contributed by atoms with Gasteiger partial charge in [0.25, 0.3) is 0 Å². The van der Waals surface area contributed by atoms with Crippen molar-refractivity contribution >= 4 is 0 Å². The lowest BCUT2D eigenvalue weighted by molar-refractivity contribution is 0.311. The maximum absolute atomic E-state index is 13.3. The Labute approximate surface area is 102 Å². The molecule has 0 spiro atoms. The maximum atomic E-state index is 13.3. The minimum atomic E-state index is -0.271. The molecule has 0 fully saturated rings. The second kappa shape index (κ2) is 7.70. The summed E-state index contributed by atoms with van der Waals surface area (Å²) in [5.74, 6) is 2.83. The summed E-state index contributed by atoms with van der Waals surface area (Å²) in [6.07, 6.45) is 6.60. The van der Waals surface area contributed by atoms with Gasteiger partial charge in [0.15, 0.2) is 0 Å². The third-order valence-corrected chi connectivity index (χ3v) is 2.24. The fraction of sp³-hybridized carbons (Fsp3) is 0.429. The minimum Gasteiger partial charge on any atom is -0.493 e. The maximum Gasteiger partial charge on any atom is 0.127 e. The van der Waals surface area contributed by atoms with E-state index in [1.807, 2.05) is 13.0 Å². The quantitative estimate of drug-likeness (QED) is 0.579. The Morgan fingerprint density at radius 3 is 2.94 bits per heavy atom. The average molecular weight is 235 g/mol. The van der Waals surface area contributed by atoms with Gasteiger partial charge in [0.1, 0.15) is 11.6 Å². The van der Waals surface area contributed by atoms with Crippen LogP contribution in [0, 0.1) is 18.2 Å². The van der Waals surface area contributed by atoms with Gasteiger partial charge in [-0.15, -0.1) is 12.3 Å². The van der Waals surface area contributed by atoms with Crippen LogP contribution < -0.4 is 10.1 Å². The van der Waals surface area contributed by atoms with E-state index in [0.717, 1.165) is 18.5 Å². The van der Waals surface area contributed by atoms with Crippen molar-refractivity contribution in [2.75, 3.05) is 13.2 Å². The SMILES string of the molecule is C#CCCCOc1cc(F)cc(CNCC)c1. The molecule has 0 unspecified atom stereocenters. The summed E-state index contributed by atoms with van der Waals surface area (Å²) in [6.45, 7) is 4.04. The van der Waals surface area contributed by atoms with Crippen LogP contribution in [0.25, 0.3) is 0 Å². The van der Waals surface area contributed by atoms with Crippen LogP contribution >= 0.6 is 0 Å². The zero-order valence-corrected chi connectivity index (χ0v) is 10.1. The molecule has 0 saturated heterocycles. The van der Waals surface area contributed by atoms with E-state index in [9.17, 15) is 4.39 Å². The van der Waals surface area contributed by atoms with E-state index < -0.39 is 0 Å². The number of ether oxygens (including phenoxy) is 1. The summed E-state index contributed by atoms with van der Waals surface area (Å²) in [6, 6.07) is 4.75. The lowest BCUT2D eigenvalue weighted by atomic mass is 10.2. The molecule has 0 aromatic heterocycles. The number of halogens is 1. The van der Waals surface area contributed by atoms with E-state index in [1.54, 1.807) is 0 Å². The van der Waals surface area contributed by atoms with E-state index >= 15 is 0 Å². The number of unbranched alkanes of at least 4 members (excludes halogenated alkanes) is 1. The zero-order valence-electron chi connectivity index (χ0n) is 10.1. The first-order valence-electron chi connectivity index (χ1n) is 5.82.